The molecule has 1 aromatic carbocycles. The van der Waals surface area contributed by atoms with Gasteiger partial charge in [-0.1, -0.05) is 17.7 Å². The van der Waals surface area contributed by atoms with Gasteiger partial charge in [-0.15, -0.1) is 0 Å². The highest BCUT2D eigenvalue weighted by Crippen LogP contribution is 2.26. The fourth-order valence-electron chi connectivity index (χ4n) is 2.26. The van der Waals surface area contributed by atoms with Gasteiger partial charge in [0.1, 0.15) is 5.75 Å². The van der Waals surface area contributed by atoms with Gasteiger partial charge in [0.25, 0.3) is 0 Å². The molecule has 0 N–H and O–H groups in total. The topological polar surface area (TPSA) is 21.7 Å². The maximum Gasteiger partial charge on any atom is 0.123 e. The highest BCUT2D eigenvalue weighted by molar-refractivity contribution is 6.31. The number of rotatable bonds is 5. The molecule has 0 spiro atoms. The van der Waals surface area contributed by atoms with E-state index in [-0.39, 0.29) is 0 Å². The minimum Gasteiger partial charge on any atom is -0.493 e. The van der Waals surface area contributed by atoms with Crippen LogP contribution < -0.4 is 4.74 Å². The van der Waals surface area contributed by atoms with Gasteiger partial charge in [-0.3, -0.25) is 4.90 Å². The predicted octanol–water partition coefficient (Wildman–Crippen LogP) is 3.06. The first-order valence-corrected chi connectivity index (χ1v) is 7.24. The normalized spacial score (nSPS) is 16.6. The summed E-state index contributed by atoms with van der Waals surface area (Å²) in [5.74, 6) is 0.901. The molecule has 0 saturated carbocycles. The number of ether oxygens (including phenoxy) is 2. The van der Waals surface area contributed by atoms with Gasteiger partial charge in [0.15, 0.2) is 0 Å². The molecule has 1 aliphatic rings. The third-order valence-electron chi connectivity index (χ3n) is 3.44. The van der Waals surface area contributed by atoms with Crippen molar-refractivity contribution in [2.45, 2.75) is 20.3 Å². The van der Waals surface area contributed by atoms with E-state index in [2.05, 4.69) is 17.9 Å². The fourth-order valence-corrected chi connectivity index (χ4v) is 2.41. The molecule has 19 heavy (non-hydrogen) atoms. The van der Waals surface area contributed by atoms with E-state index < -0.39 is 0 Å². The summed E-state index contributed by atoms with van der Waals surface area (Å²) in [7, 11) is 0. The molecule has 1 aliphatic heterocycles. The zero-order chi connectivity index (χ0) is 13.7. The first kappa shape index (κ1) is 14.6. The van der Waals surface area contributed by atoms with Crippen molar-refractivity contribution in [3.63, 3.8) is 0 Å². The summed E-state index contributed by atoms with van der Waals surface area (Å²) < 4.78 is 11.1. The lowest BCUT2D eigenvalue weighted by atomic mass is 10.1. The van der Waals surface area contributed by atoms with Gasteiger partial charge in [0, 0.05) is 24.7 Å². The minimum atomic E-state index is 0.734. The third-order valence-corrected chi connectivity index (χ3v) is 3.84. The summed E-state index contributed by atoms with van der Waals surface area (Å²) in [6.45, 7) is 9.66. The molecule has 0 atom stereocenters. The molecule has 0 unspecified atom stereocenters. The molecular formula is C15H22ClNO2. The standard InChI is InChI=1S/C15H22ClNO2/c1-12-10-13(2)15(11-14(12)16)19-7-3-4-17-5-8-18-9-6-17/h10-11H,3-9H2,1-2H3. The van der Waals surface area contributed by atoms with Crippen LogP contribution in [0, 0.1) is 13.8 Å². The van der Waals surface area contributed by atoms with Gasteiger partial charge < -0.3 is 9.47 Å². The van der Waals surface area contributed by atoms with E-state index in [1.54, 1.807) is 0 Å². The quantitative estimate of drug-likeness (QED) is 0.775. The molecule has 1 saturated heterocycles. The molecule has 0 aromatic heterocycles. The second-order valence-electron chi connectivity index (χ2n) is 5.02. The zero-order valence-electron chi connectivity index (χ0n) is 11.7. The van der Waals surface area contributed by atoms with Crippen LogP contribution in [0.1, 0.15) is 17.5 Å². The van der Waals surface area contributed by atoms with Gasteiger partial charge in [0.2, 0.25) is 0 Å². The van der Waals surface area contributed by atoms with Gasteiger partial charge in [-0.05, 0) is 37.5 Å². The SMILES string of the molecule is Cc1cc(C)c(OCCCN2CCOCC2)cc1Cl. The highest BCUT2D eigenvalue weighted by atomic mass is 35.5. The molecular weight excluding hydrogens is 262 g/mol. The van der Waals surface area contributed by atoms with Crippen LogP contribution in [0.15, 0.2) is 12.1 Å². The molecule has 1 aromatic rings. The second kappa shape index (κ2) is 7.13. The van der Waals surface area contributed by atoms with Crippen LogP contribution in [0.2, 0.25) is 5.02 Å². The minimum absolute atomic E-state index is 0.734. The lowest BCUT2D eigenvalue weighted by Gasteiger charge is -2.26. The molecule has 2 rings (SSSR count). The predicted molar refractivity (Wildman–Crippen MR) is 78.3 cm³/mol. The van der Waals surface area contributed by atoms with Crippen molar-refractivity contribution in [2.24, 2.45) is 0 Å². The van der Waals surface area contributed by atoms with Gasteiger partial charge in [-0.25, -0.2) is 0 Å². The van der Waals surface area contributed by atoms with Crippen LogP contribution in [0.25, 0.3) is 0 Å². The average molecular weight is 284 g/mol. The number of halogens is 1. The van der Waals surface area contributed by atoms with Crippen molar-refractivity contribution in [2.75, 3.05) is 39.5 Å². The Balaban J connectivity index is 1.74. The van der Waals surface area contributed by atoms with Crippen molar-refractivity contribution < 1.29 is 9.47 Å². The Hall–Kier alpha value is -0.770. The molecule has 0 bridgehead atoms. The summed E-state index contributed by atoms with van der Waals surface area (Å²) >= 11 is 6.12. The Labute approximate surface area is 120 Å². The number of aryl methyl sites for hydroxylation is 2. The molecule has 0 amide bonds. The molecule has 106 valence electrons. The summed E-state index contributed by atoms with van der Waals surface area (Å²) in [4.78, 5) is 2.42. The third kappa shape index (κ3) is 4.37. The van der Waals surface area contributed by atoms with Gasteiger partial charge >= 0.3 is 0 Å². The largest absolute Gasteiger partial charge is 0.493 e. The van der Waals surface area contributed by atoms with E-state index >= 15 is 0 Å². The highest BCUT2D eigenvalue weighted by Gasteiger charge is 2.09. The lowest BCUT2D eigenvalue weighted by molar-refractivity contribution is 0.0358. The number of hydrogen-bond acceptors (Lipinski definition) is 3. The summed E-state index contributed by atoms with van der Waals surface area (Å²) in [5, 5.41) is 0.772. The van der Waals surface area contributed by atoms with Gasteiger partial charge in [0.05, 0.1) is 19.8 Å². The first-order chi connectivity index (χ1) is 9.16. The average Bonchev–Trinajstić information content (AvgIpc) is 2.41. The molecule has 1 fully saturated rings. The number of hydrogen-bond donors (Lipinski definition) is 0. The number of morpholine rings is 1. The summed E-state index contributed by atoms with van der Waals surface area (Å²) in [6.07, 6.45) is 1.03. The smallest absolute Gasteiger partial charge is 0.123 e. The Morgan fingerprint density at radius 3 is 2.68 bits per heavy atom. The summed E-state index contributed by atoms with van der Waals surface area (Å²) in [6, 6.07) is 3.99. The van der Waals surface area contributed by atoms with Gasteiger partial charge in [-0.2, -0.15) is 0 Å². The second-order valence-corrected chi connectivity index (χ2v) is 5.43. The van der Waals surface area contributed by atoms with Crippen LogP contribution in [0.4, 0.5) is 0 Å². The van der Waals surface area contributed by atoms with Crippen molar-refractivity contribution in [3.05, 3.63) is 28.3 Å². The molecule has 4 heteroatoms. The Bertz CT molecular complexity index is 417. The summed E-state index contributed by atoms with van der Waals surface area (Å²) in [5.41, 5.74) is 2.24. The molecule has 0 radical (unpaired) electrons. The van der Waals surface area contributed by atoms with Crippen LogP contribution in [0.3, 0.4) is 0 Å². The number of benzene rings is 1. The van der Waals surface area contributed by atoms with Crippen molar-refractivity contribution in [1.29, 1.82) is 0 Å². The van der Waals surface area contributed by atoms with Crippen molar-refractivity contribution >= 4 is 11.6 Å². The number of nitrogens with zero attached hydrogens (tertiary/aromatic N) is 1. The molecule has 0 aliphatic carbocycles. The Morgan fingerprint density at radius 2 is 1.95 bits per heavy atom. The van der Waals surface area contributed by atoms with E-state index in [1.807, 2.05) is 13.0 Å². The van der Waals surface area contributed by atoms with E-state index in [4.69, 9.17) is 21.1 Å². The van der Waals surface area contributed by atoms with Crippen molar-refractivity contribution in [3.8, 4) is 5.75 Å². The zero-order valence-corrected chi connectivity index (χ0v) is 12.5. The fraction of sp³-hybridized carbons (Fsp3) is 0.600. The first-order valence-electron chi connectivity index (χ1n) is 6.86. The lowest BCUT2D eigenvalue weighted by Crippen LogP contribution is -2.37. The Kier molecular flexibility index (Phi) is 5.49. The monoisotopic (exact) mass is 283 g/mol. The van der Waals surface area contributed by atoms with E-state index in [9.17, 15) is 0 Å². The Morgan fingerprint density at radius 1 is 1.21 bits per heavy atom. The van der Waals surface area contributed by atoms with Crippen LogP contribution in [-0.2, 0) is 4.74 Å². The van der Waals surface area contributed by atoms with E-state index in [0.29, 0.717) is 0 Å². The van der Waals surface area contributed by atoms with E-state index in [0.717, 1.165) is 67.8 Å². The maximum atomic E-state index is 6.12. The van der Waals surface area contributed by atoms with Crippen LogP contribution >= 0.6 is 11.6 Å². The maximum absolute atomic E-state index is 6.12. The van der Waals surface area contributed by atoms with Crippen LogP contribution in [-0.4, -0.2) is 44.4 Å². The van der Waals surface area contributed by atoms with Crippen LogP contribution in [0.5, 0.6) is 5.75 Å². The molecule has 1 heterocycles. The molecule has 3 nitrogen and oxygen atoms in total. The van der Waals surface area contributed by atoms with E-state index in [1.165, 1.54) is 0 Å². The van der Waals surface area contributed by atoms with Crippen molar-refractivity contribution in [1.82, 2.24) is 4.90 Å².